The van der Waals surface area contributed by atoms with E-state index in [1.165, 1.54) is 18.2 Å². The van der Waals surface area contributed by atoms with Crippen LogP contribution in [0.3, 0.4) is 0 Å². The Morgan fingerprint density at radius 2 is 2.18 bits per heavy atom. The first kappa shape index (κ1) is 13.2. The lowest BCUT2D eigenvalue weighted by Crippen LogP contribution is -2.05. The van der Waals surface area contributed by atoms with E-state index < -0.39 is 5.97 Å². The minimum absolute atomic E-state index is 0.0948. The topological polar surface area (TPSA) is 72.8 Å². The van der Waals surface area contributed by atoms with Crippen LogP contribution in [0.2, 0.25) is 0 Å². The maximum absolute atomic E-state index is 10.8. The van der Waals surface area contributed by atoms with Crippen molar-refractivity contribution in [2.75, 3.05) is 20.3 Å². The molecule has 1 rings (SSSR count). The Labute approximate surface area is 99.0 Å². The van der Waals surface area contributed by atoms with Gasteiger partial charge in [-0.2, -0.15) is 0 Å². The molecule has 0 amide bonds. The average Bonchev–Trinajstić information content (AvgIpc) is 2.34. The number of carboxylic acid groups (broad SMARTS) is 1. The highest BCUT2D eigenvalue weighted by atomic mass is 16.5. The first-order chi connectivity index (χ1) is 8.19. The highest BCUT2D eigenvalue weighted by molar-refractivity contribution is 5.90. The molecular weight excluding hydrogens is 224 g/mol. The summed E-state index contributed by atoms with van der Waals surface area (Å²) >= 11 is 0. The van der Waals surface area contributed by atoms with Gasteiger partial charge in [0, 0.05) is 20.1 Å². The Balaban J connectivity index is 2.75. The van der Waals surface area contributed by atoms with Gasteiger partial charge in [0.15, 0.2) is 6.29 Å². The lowest BCUT2D eigenvalue weighted by atomic mass is 10.1. The fraction of sp³-hybridized carbons (Fsp3) is 0.333. The van der Waals surface area contributed by atoms with Gasteiger partial charge in [-0.1, -0.05) is 0 Å². The zero-order valence-corrected chi connectivity index (χ0v) is 9.51. The highest BCUT2D eigenvalue weighted by Gasteiger charge is 2.08. The van der Waals surface area contributed by atoms with E-state index in [0.717, 1.165) is 0 Å². The molecule has 0 saturated carbocycles. The molecule has 0 spiro atoms. The van der Waals surface area contributed by atoms with E-state index in [1.54, 1.807) is 7.11 Å². The van der Waals surface area contributed by atoms with Crippen molar-refractivity contribution in [1.29, 1.82) is 0 Å². The molecule has 0 radical (unpaired) electrons. The Morgan fingerprint density at radius 3 is 2.76 bits per heavy atom. The number of rotatable bonds is 7. The van der Waals surface area contributed by atoms with Crippen LogP contribution in [-0.2, 0) is 4.74 Å². The van der Waals surface area contributed by atoms with Crippen LogP contribution in [0.25, 0.3) is 0 Å². The SMILES string of the molecule is COCCCOc1cc(C(=O)O)ccc1C=O. The summed E-state index contributed by atoms with van der Waals surface area (Å²) < 4.78 is 10.2. The highest BCUT2D eigenvalue weighted by Crippen LogP contribution is 2.19. The maximum Gasteiger partial charge on any atom is 0.335 e. The number of aldehydes is 1. The summed E-state index contributed by atoms with van der Waals surface area (Å²) in [5, 5.41) is 8.82. The van der Waals surface area contributed by atoms with Gasteiger partial charge in [0.25, 0.3) is 0 Å². The van der Waals surface area contributed by atoms with Crippen molar-refractivity contribution in [2.45, 2.75) is 6.42 Å². The maximum atomic E-state index is 10.8. The van der Waals surface area contributed by atoms with E-state index in [4.69, 9.17) is 14.6 Å². The second-order valence-electron chi connectivity index (χ2n) is 3.37. The largest absolute Gasteiger partial charge is 0.493 e. The van der Waals surface area contributed by atoms with E-state index in [-0.39, 0.29) is 11.3 Å². The first-order valence-electron chi connectivity index (χ1n) is 5.13. The number of carbonyl (C=O) groups is 2. The molecule has 92 valence electrons. The molecule has 0 atom stereocenters. The van der Waals surface area contributed by atoms with Crippen molar-refractivity contribution in [3.8, 4) is 5.75 Å². The number of benzene rings is 1. The van der Waals surface area contributed by atoms with Gasteiger partial charge in [-0.25, -0.2) is 4.79 Å². The number of ether oxygens (including phenoxy) is 2. The molecule has 0 aliphatic carbocycles. The van der Waals surface area contributed by atoms with Crippen LogP contribution >= 0.6 is 0 Å². The fourth-order valence-corrected chi connectivity index (χ4v) is 1.28. The molecular formula is C12H14O5. The summed E-state index contributed by atoms with van der Waals surface area (Å²) in [5.74, 6) is -0.764. The molecule has 0 aromatic heterocycles. The molecule has 0 unspecified atom stereocenters. The van der Waals surface area contributed by atoms with Crippen LogP contribution in [-0.4, -0.2) is 37.7 Å². The van der Waals surface area contributed by atoms with E-state index in [2.05, 4.69) is 0 Å². The number of aromatic carboxylic acids is 1. The molecule has 0 saturated heterocycles. The molecule has 5 nitrogen and oxygen atoms in total. The van der Waals surface area contributed by atoms with Gasteiger partial charge in [-0.05, 0) is 18.2 Å². The molecule has 0 aliphatic rings. The zero-order chi connectivity index (χ0) is 12.7. The van der Waals surface area contributed by atoms with Crippen molar-refractivity contribution in [1.82, 2.24) is 0 Å². The van der Waals surface area contributed by atoms with E-state index in [1.807, 2.05) is 0 Å². The van der Waals surface area contributed by atoms with Gasteiger partial charge in [0.1, 0.15) is 5.75 Å². The van der Waals surface area contributed by atoms with Crippen LogP contribution in [0.1, 0.15) is 27.1 Å². The number of carbonyl (C=O) groups excluding carboxylic acids is 1. The van der Waals surface area contributed by atoms with Gasteiger partial charge in [0.05, 0.1) is 17.7 Å². The lowest BCUT2D eigenvalue weighted by molar-refractivity contribution is 0.0696. The van der Waals surface area contributed by atoms with Crippen molar-refractivity contribution in [2.24, 2.45) is 0 Å². The fourth-order valence-electron chi connectivity index (χ4n) is 1.28. The smallest absolute Gasteiger partial charge is 0.335 e. The molecule has 17 heavy (non-hydrogen) atoms. The Morgan fingerprint density at radius 1 is 1.41 bits per heavy atom. The second kappa shape index (κ2) is 6.65. The molecule has 0 bridgehead atoms. The summed E-state index contributed by atoms with van der Waals surface area (Å²) in [5.41, 5.74) is 0.435. The molecule has 0 heterocycles. The monoisotopic (exact) mass is 238 g/mol. The third-order valence-electron chi connectivity index (χ3n) is 2.14. The Kier molecular flexibility index (Phi) is 5.16. The van der Waals surface area contributed by atoms with Crippen LogP contribution in [0.5, 0.6) is 5.75 Å². The summed E-state index contributed by atoms with van der Waals surface area (Å²) in [6, 6.07) is 4.15. The van der Waals surface area contributed by atoms with Gasteiger partial charge in [-0.3, -0.25) is 4.79 Å². The molecule has 0 aliphatic heterocycles. The van der Waals surface area contributed by atoms with Crippen molar-refractivity contribution >= 4 is 12.3 Å². The van der Waals surface area contributed by atoms with Gasteiger partial charge in [0.2, 0.25) is 0 Å². The number of carboxylic acids is 1. The minimum Gasteiger partial charge on any atom is -0.493 e. The van der Waals surface area contributed by atoms with E-state index in [9.17, 15) is 9.59 Å². The van der Waals surface area contributed by atoms with Crippen LogP contribution in [0.4, 0.5) is 0 Å². The van der Waals surface area contributed by atoms with Crippen LogP contribution in [0, 0.1) is 0 Å². The third kappa shape index (κ3) is 3.88. The third-order valence-corrected chi connectivity index (χ3v) is 2.14. The predicted octanol–water partition coefficient (Wildman–Crippen LogP) is 1.61. The van der Waals surface area contributed by atoms with Crippen LogP contribution in [0.15, 0.2) is 18.2 Å². The number of hydrogen-bond acceptors (Lipinski definition) is 4. The van der Waals surface area contributed by atoms with Gasteiger partial charge >= 0.3 is 5.97 Å². The minimum atomic E-state index is -1.05. The second-order valence-corrected chi connectivity index (χ2v) is 3.37. The van der Waals surface area contributed by atoms with E-state index in [0.29, 0.717) is 31.5 Å². The Bertz CT molecular complexity index is 400. The van der Waals surface area contributed by atoms with E-state index >= 15 is 0 Å². The van der Waals surface area contributed by atoms with Crippen molar-refractivity contribution in [3.05, 3.63) is 29.3 Å². The molecule has 1 aromatic carbocycles. The Hall–Kier alpha value is -1.88. The lowest BCUT2D eigenvalue weighted by Gasteiger charge is -2.08. The zero-order valence-electron chi connectivity index (χ0n) is 9.51. The first-order valence-corrected chi connectivity index (χ1v) is 5.13. The molecule has 1 N–H and O–H groups in total. The number of methoxy groups -OCH3 is 1. The van der Waals surface area contributed by atoms with Crippen molar-refractivity contribution in [3.63, 3.8) is 0 Å². The number of hydrogen-bond donors (Lipinski definition) is 1. The van der Waals surface area contributed by atoms with Crippen molar-refractivity contribution < 1.29 is 24.2 Å². The predicted molar refractivity (Wildman–Crippen MR) is 60.8 cm³/mol. The summed E-state index contributed by atoms with van der Waals surface area (Å²) in [7, 11) is 1.59. The molecule has 5 heteroatoms. The van der Waals surface area contributed by atoms with Gasteiger partial charge in [-0.15, -0.1) is 0 Å². The molecule has 1 aromatic rings. The normalized spacial score (nSPS) is 9.94. The standard InChI is InChI=1S/C12H14O5/c1-16-5-2-6-17-11-7-9(12(14)15)3-4-10(11)8-13/h3-4,7-8H,2,5-6H2,1H3,(H,14,15). The summed E-state index contributed by atoms with van der Waals surface area (Å²) in [6.45, 7) is 0.923. The summed E-state index contributed by atoms with van der Waals surface area (Å²) in [4.78, 5) is 21.5. The summed E-state index contributed by atoms with van der Waals surface area (Å²) in [6.07, 6.45) is 1.31. The quantitative estimate of drug-likeness (QED) is 0.577. The van der Waals surface area contributed by atoms with Gasteiger partial charge < -0.3 is 14.6 Å². The average molecular weight is 238 g/mol. The van der Waals surface area contributed by atoms with Crippen LogP contribution < -0.4 is 4.74 Å². The molecule has 0 fully saturated rings.